The number of hydrogen-bond donors (Lipinski definition) is 2. The van der Waals surface area contributed by atoms with E-state index in [9.17, 15) is 4.79 Å². The summed E-state index contributed by atoms with van der Waals surface area (Å²) in [6, 6.07) is 7.71. The van der Waals surface area contributed by atoms with Crippen LogP contribution in [0.15, 0.2) is 36.4 Å². The summed E-state index contributed by atoms with van der Waals surface area (Å²) < 4.78 is 0. The van der Waals surface area contributed by atoms with E-state index < -0.39 is 5.97 Å². The molecule has 0 amide bonds. The van der Waals surface area contributed by atoms with Crippen molar-refractivity contribution in [3.05, 3.63) is 47.5 Å². The Morgan fingerprint density at radius 2 is 1.55 bits per heavy atom. The third-order valence-electron chi connectivity index (χ3n) is 2.69. The van der Waals surface area contributed by atoms with Crippen LogP contribution in [0.1, 0.15) is 38.8 Å². The molecule has 0 fully saturated rings. The molecule has 1 rings (SSSR count). The minimum absolute atomic E-state index is 0.0398. The van der Waals surface area contributed by atoms with Gasteiger partial charge < -0.3 is 10.4 Å². The molecule has 0 aromatic heterocycles. The van der Waals surface area contributed by atoms with E-state index in [-0.39, 0.29) is 5.54 Å². The Morgan fingerprint density at radius 3 is 1.95 bits per heavy atom. The van der Waals surface area contributed by atoms with Crippen LogP contribution in [0.3, 0.4) is 0 Å². The molecule has 20 heavy (non-hydrogen) atoms. The van der Waals surface area contributed by atoms with Gasteiger partial charge in [-0.3, -0.25) is 0 Å². The first-order chi connectivity index (χ1) is 9.43. The molecule has 0 aliphatic carbocycles. The molecule has 2 N–H and O–H groups in total. The summed E-state index contributed by atoms with van der Waals surface area (Å²) >= 11 is 0. The van der Waals surface area contributed by atoms with Gasteiger partial charge in [-0.2, -0.15) is 0 Å². The highest BCUT2D eigenvalue weighted by Gasteiger charge is 2.08. The van der Waals surface area contributed by atoms with Crippen LogP contribution in [0.4, 0.5) is 0 Å². The van der Waals surface area contributed by atoms with Gasteiger partial charge in [0.25, 0.3) is 0 Å². The van der Waals surface area contributed by atoms with Gasteiger partial charge in [-0.05, 0) is 38.1 Å². The molecule has 3 heteroatoms. The first-order valence-corrected chi connectivity index (χ1v) is 6.82. The normalized spacial score (nSPS) is 11.4. The Labute approximate surface area is 122 Å². The zero-order chi connectivity index (χ0) is 15.6. The van der Waals surface area contributed by atoms with Gasteiger partial charge in [-0.1, -0.05) is 50.3 Å². The number of carboxylic acid groups (broad SMARTS) is 1. The van der Waals surface area contributed by atoms with Gasteiger partial charge in [0, 0.05) is 11.6 Å². The van der Waals surface area contributed by atoms with E-state index in [2.05, 4.69) is 25.2 Å². The molecule has 0 aliphatic rings. The molecule has 0 radical (unpaired) electrons. The van der Waals surface area contributed by atoms with Crippen molar-refractivity contribution >= 4 is 18.1 Å². The number of carbonyl (C=O) groups is 1. The average Bonchev–Trinajstić information content (AvgIpc) is 2.46. The second-order valence-electron chi connectivity index (χ2n) is 4.64. The molecule has 0 aliphatic heterocycles. The quantitative estimate of drug-likeness (QED) is 0.803. The number of benzene rings is 1. The van der Waals surface area contributed by atoms with Gasteiger partial charge in [0.1, 0.15) is 0 Å². The fourth-order valence-corrected chi connectivity index (χ4v) is 1.27. The first kappa shape index (κ1) is 18.1. The Balaban J connectivity index is 0.00000172. The molecule has 1 aromatic carbocycles. The molecular weight excluding hydrogens is 250 g/mol. The molecular formula is C17H25NO2. The molecule has 0 bridgehead atoms. The maximum absolute atomic E-state index is 10.4. The molecule has 0 saturated heterocycles. The topological polar surface area (TPSA) is 49.3 Å². The second kappa shape index (κ2) is 9.10. The molecule has 0 heterocycles. The monoisotopic (exact) mass is 275 g/mol. The van der Waals surface area contributed by atoms with Crippen LogP contribution in [-0.4, -0.2) is 23.7 Å². The second-order valence-corrected chi connectivity index (χ2v) is 4.64. The van der Waals surface area contributed by atoms with Gasteiger partial charge in [0.15, 0.2) is 0 Å². The molecule has 0 unspecified atom stereocenters. The van der Waals surface area contributed by atoms with Crippen molar-refractivity contribution in [2.75, 3.05) is 7.05 Å². The summed E-state index contributed by atoms with van der Waals surface area (Å²) in [5.74, 6) is -0.935. The first-order valence-electron chi connectivity index (χ1n) is 6.82. The number of carboxylic acids is 1. The minimum atomic E-state index is -0.935. The number of nitrogens with one attached hydrogen (secondary N) is 1. The van der Waals surface area contributed by atoms with Crippen LogP contribution in [0.5, 0.6) is 0 Å². The number of aliphatic carboxylic acids is 1. The van der Waals surface area contributed by atoms with Crippen molar-refractivity contribution in [2.45, 2.75) is 33.2 Å². The Morgan fingerprint density at radius 1 is 1.10 bits per heavy atom. The molecule has 0 spiro atoms. The summed E-state index contributed by atoms with van der Waals surface area (Å²) in [6.45, 7) is 8.18. The van der Waals surface area contributed by atoms with Crippen molar-refractivity contribution in [1.82, 2.24) is 5.32 Å². The van der Waals surface area contributed by atoms with Gasteiger partial charge in [0.05, 0.1) is 0 Å². The number of likely N-dealkylation sites (N-methyl/N-ethyl adjacent to an activating group) is 1. The van der Waals surface area contributed by atoms with E-state index in [1.165, 1.54) is 0 Å². The minimum Gasteiger partial charge on any atom is -0.478 e. The highest BCUT2D eigenvalue weighted by Crippen LogP contribution is 2.11. The fraction of sp³-hybridized carbons (Fsp3) is 0.353. The predicted molar refractivity (Wildman–Crippen MR) is 86.6 cm³/mol. The van der Waals surface area contributed by atoms with Gasteiger partial charge in [-0.15, -0.1) is 0 Å². The lowest BCUT2D eigenvalue weighted by atomic mass is 10.0. The van der Waals surface area contributed by atoms with Crippen LogP contribution in [-0.2, 0) is 4.79 Å². The molecule has 0 saturated carbocycles. The third kappa shape index (κ3) is 7.54. The average molecular weight is 275 g/mol. The smallest absolute Gasteiger partial charge is 0.328 e. The Bertz CT molecular complexity index is 456. The highest BCUT2D eigenvalue weighted by atomic mass is 16.4. The van der Waals surface area contributed by atoms with Crippen molar-refractivity contribution in [1.29, 1.82) is 0 Å². The maximum atomic E-state index is 10.4. The van der Waals surface area contributed by atoms with Gasteiger partial charge in [0.2, 0.25) is 0 Å². The maximum Gasteiger partial charge on any atom is 0.328 e. The van der Waals surface area contributed by atoms with Gasteiger partial charge >= 0.3 is 5.97 Å². The standard InChI is InChI=1S/C15H19NO2.C2H6/c1-15(2,16-3)11-10-13-6-4-12(5-7-13)8-9-14(17)18;1-2/h4-11,16H,1-3H3,(H,17,18);1-2H3/b9-8+,11-10+;. The van der Waals surface area contributed by atoms with Crippen LogP contribution in [0.2, 0.25) is 0 Å². The SMILES string of the molecule is CC.CNC(C)(C)/C=C/c1ccc(/C=C/C(=O)O)cc1. The van der Waals surface area contributed by atoms with Crippen LogP contribution >= 0.6 is 0 Å². The van der Waals surface area contributed by atoms with E-state index in [1.54, 1.807) is 6.08 Å². The largest absolute Gasteiger partial charge is 0.478 e. The van der Waals surface area contributed by atoms with E-state index in [0.29, 0.717) is 0 Å². The zero-order valence-electron chi connectivity index (χ0n) is 13.0. The van der Waals surface area contributed by atoms with Crippen LogP contribution in [0, 0.1) is 0 Å². The van der Waals surface area contributed by atoms with E-state index in [1.807, 2.05) is 51.2 Å². The zero-order valence-corrected chi connectivity index (χ0v) is 13.0. The lowest BCUT2D eigenvalue weighted by Gasteiger charge is -2.18. The van der Waals surface area contributed by atoms with Crippen molar-refractivity contribution < 1.29 is 9.90 Å². The number of rotatable bonds is 5. The summed E-state index contributed by atoms with van der Waals surface area (Å²) in [5.41, 5.74) is 1.93. The van der Waals surface area contributed by atoms with Crippen molar-refractivity contribution in [2.24, 2.45) is 0 Å². The van der Waals surface area contributed by atoms with Crippen molar-refractivity contribution in [3.63, 3.8) is 0 Å². The summed E-state index contributed by atoms with van der Waals surface area (Å²) in [4.78, 5) is 10.4. The fourth-order valence-electron chi connectivity index (χ4n) is 1.27. The highest BCUT2D eigenvalue weighted by molar-refractivity contribution is 5.85. The third-order valence-corrected chi connectivity index (χ3v) is 2.69. The van der Waals surface area contributed by atoms with E-state index >= 15 is 0 Å². The molecule has 1 aromatic rings. The Hall–Kier alpha value is -1.87. The van der Waals surface area contributed by atoms with Crippen molar-refractivity contribution in [3.8, 4) is 0 Å². The van der Waals surface area contributed by atoms with E-state index in [0.717, 1.165) is 17.2 Å². The molecule has 3 nitrogen and oxygen atoms in total. The summed E-state index contributed by atoms with van der Waals surface area (Å²) in [7, 11) is 1.92. The lowest BCUT2D eigenvalue weighted by molar-refractivity contribution is -0.131. The molecule has 0 atom stereocenters. The summed E-state index contributed by atoms with van der Waals surface area (Å²) in [5, 5.41) is 11.7. The number of hydrogen-bond acceptors (Lipinski definition) is 2. The Kier molecular flexibility index (Phi) is 8.25. The van der Waals surface area contributed by atoms with Crippen LogP contribution in [0.25, 0.3) is 12.2 Å². The lowest BCUT2D eigenvalue weighted by Crippen LogP contribution is -2.33. The predicted octanol–water partition coefficient (Wildman–Crippen LogP) is 3.82. The van der Waals surface area contributed by atoms with Crippen LogP contribution < -0.4 is 5.32 Å². The molecule has 110 valence electrons. The van der Waals surface area contributed by atoms with Gasteiger partial charge in [-0.25, -0.2) is 4.79 Å². The summed E-state index contributed by atoms with van der Waals surface area (Å²) in [6.07, 6.45) is 6.85. The van der Waals surface area contributed by atoms with E-state index in [4.69, 9.17) is 5.11 Å².